The van der Waals surface area contributed by atoms with Gasteiger partial charge >= 0.3 is 0 Å². The van der Waals surface area contributed by atoms with Gasteiger partial charge < -0.3 is 34.6 Å². The number of amides is 1. The number of carbonyl (C=O) groups is 1. The number of benzene rings is 3. The van der Waals surface area contributed by atoms with Crippen LogP contribution in [0.25, 0.3) is 22.4 Å². The number of nitrogens with zero attached hydrogens (tertiary/aromatic N) is 4. The molecule has 0 aliphatic carbocycles. The molecule has 3 heterocycles. The predicted molar refractivity (Wildman–Crippen MR) is 170 cm³/mol. The van der Waals surface area contributed by atoms with Crippen LogP contribution in [0, 0.1) is 12.7 Å². The van der Waals surface area contributed by atoms with Crippen LogP contribution in [0.3, 0.4) is 0 Å². The molecule has 0 saturated carbocycles. The summed E-state index contributed by atoms with van der Waals surface area (Å²) in [6.07, 6.45) is 3.38. The first-order valence-electron chi connectivity index (χ1n) is 15.1. The first-order valence-corrected chi connectivity index (χ1v) is 15.1. The SMILES string of the molecule is CCOc1cc2ncnc(Nc3ccc(Oc4cccc(-c5nnc(C)o5)c4)cc3F)c2cc1NC(=O)CCCN[C@@H]1CCOC1. The van der Waals surface area contributed by atoms with Gasteiger partial charge in [-0.1, -0.05) is 6.07 Å². The monoisotopic (exact) mass is 627 g/mol. The summed E-state index contributed by atoms with van der Waals surface area (Å²) in [5, 5.41) is 17.9. The van der Waals surface area contributed by atoms with E-state index in [4.69, 9.17) is 18.6 Å². The predicted octanol–water partition coefficient (Wildman–Crippen LogP) is 6.16. The highest BCUT2D eigenvalue weighted by Crippen LogP contribution is 2.35. The van der Waals surface area contributed by atoms with E-state index in [1.807, 2.05) is 13.0 Å². The summed E-state index contributed by atoms with van der Waals surface area (Å²) in [4.78, 5) is 21.6. The van der Waals surface area contributed by atoms with Gasteiger partial charge in [0.15, 0.2) is 0 Å². The van der Waals surface area contributed by atoms with Gasteiger partial charge in [-0.05, 0) is 62.7 Å². The molecular weight excluding hydrogens is 593 g/mol. The molecule has 1 atom stereocenters. The Labute approximate surface area is 264 Å². The number of hydrogen-bond acceptors (Lipinski definition) is 11. The van der Waals surface area contributed by atoms with Crippen LogP contribution in [0.15, 0.2) is 65.3 Å². The molecule has 3 aromatic carbocycles. The Morgan fingerprint density at radius 3 is 2.74 bits per heavy atom. The lowest BCUT2D eigenvalue weighted by molar-refractivity contribution is -0.116. The average molecular weight is 628 g/mol. The standard InChI is InChI=1S/C33H34FN7O5/c1-3-44-30-17-28-25(16-29(30)38-31(42)8-5-12-35-22-11-13-43-18-22)32(37-19-36-28)39-27-10-9-24(15-26(27)34)46-23-7-4-6-21(14-23)33-41-40-20(2)45-33/h4,6-7,9-10,14-17,19,22,35H,3,5,8,11-13,18H2,1-2H3,(H,38,42)(H,36,37,39)/t22-/m1/s1. The van der Waals surface area contributed by atoms with Gasteiger partial charge in [0.05, 0.1) is 30.1 Å². The van der Waals surface area contributed by atoms with Crippen LogP contribution in [0.5, 0.6) is 17.2 Å². The van der Waals surface area contributed by atoms with Crippen molar-refractivity contribution in [3.8, 4) is 28.7 Å². The molecule has 0 bridgehead atoms. The number of nitrogens with one attached hydrogen (secondary N) is 3. The van der Waals surface area contributed by atoms with Gasteiger partial charge in [-0.3, -0.25) is 4.79 Å². The topological polar surface area (TPSA) is 146 Å². The van der Waals surface area contributed by atoms with Gasteiger partial charge in [-0.25, -0.2) is 14.4 Å². The maximum atomic E-state index is 15.3. The Morgan fingerprint density at radius 1 is 1.07 bits per heavy atom. The number of halogens is 1. The average Bonchev–Trinajstić information content (AvgIpc) is 3.73. The third kappa shape index (κ3) is 7.56. The van der Waals surface area contributed by atoms with Gasteiger partial charge in [0.2, 0.25) is 17.7 Å². The first-order chi connectivity index (χ1) is 22.4. The zero-order valence-electron chi connectivity index (χ0n) is 25.5. The van der Waals surface area contributed by atoms with E-state index in [0.717, 1.165) is 19.6 Å². The second-order valence-electron chi connectivity index (χ2n) is 10.7. The Kier molecular flexibility index (Phi) is 9.60. The third-order valence-corrected chi connectivity index (χ3v) is 7.29. The van der Waals surface area contributed by atoms with Crippen molar-refractivity contribution in [1.82, 2.24) is 25.5 Å². The minimum absolute atomic E-state index is 0.143. The van der Waals surface area contributed by atoms with Crippen molar-refractivity contribution in [3.05, 3.63) is 72.6 Å². The van der Waals surface area contributed by atoms with Crippen LogP contribution < -0.4 is 25.4 Å². The molecule has 238 valence electrons. The summed E-state index contributed by atoms with van der Waals surface area (Å²) in [7, 11) is 0. The Hall–Kier alpha value is -5.14. The smallest absolute Gasteiger partial charge is 0.247 e. The largest absolute Gasteiger partial charge is 0.492 e. The fraction of sp³-hybridized carbons (Fsp3) is 0.303. The van der Waals surface area contributed by atoms with E-state index < -0.39 is 5.82 Å². The lowest BCUT2D eigenvalue weighted by atomic mass is 10.1. The molecule has 13 heteroatoms. The minimum atomic E-state index is -0.551. The van der Waals surface area contributed by atoms with Crippen LogP contribution in [0.4, 0.5) is 21.6 Å². The van der Waals surface area contributed by atoms with Gasteiger partial charge in [-0.2, -0.15) is 0 Å². The van der Waals surface area contributed by atoms with Crippen LogP contribution in [-0.4, -0.2) is 58.5 Å². The quantitative estimate of drug-likeness (QED) is 0.129. The Morgan fingerprint density at radius 2 is 1.96 bits per heavy atom. The van der Waals surface area contributed by atoms with E-state index in [-0.39, 0.29) is 11.6 Å². The van der Waals surface area contributed by atoms with Crippen molar-refractivity contribution in [2.75, 3.05) is 37.0 Å². The highest BCUT2D eigenvalue weighted by atomic mass is 19.1. The lowest BCUT2D eigenvalue weighted by Crippen LogP contribution is -2.30. The zero-order valence-corrected chi connectivity index (χ0v) is 25.5. The maximum absolute atomic E-state index is 15.3. The number of carbonyl (C=O) groups excluding carboxylic acids is 1. The molecular formula is C33H34FN7O5. The second kappa shape index (κ2) is 14.3. The number of aryl methyl sites for hydroxylation is 1. The van der Waals surface area contributed by atoms with E-state index in [1.54, 1.807) is 49.4 Å². The molecule has 1 aliphatic rings. The summed E-state index contributed by atoms with van der Waals surface area (Å²) >= 11 is 0. The zero-order chi connectivity index (χ0) is 31.9. The van der Waals surface area contributed by atoms with Crippen LogP contribution in [0.1, 0.15) is 32.1 Å². The van der Waals surface area contributed by atoms with Crippen molar-refractivity contribution in [2.45, 2.75) is 39.2 Å². The number of aromatic nitrogens is 4. The van der Waals surface area contributed by atoms with Gasteiger partial charge in [0.1, 0.15) is 35.2 Å². The number of hydrogen-bond donors (Lipinski definition) is 3. The van der Waals surface area contributed by atoms with Gasteiger partial charge in [-0.15, -0.1) is 10.2 Å². The molecule has 0 radical (unpaired) electrons. The van der Waals surface area contributed by atoms with Gasteiger partial charge in [0.25, 0.3) is 0 Å². The molecule has 2 aromatic heterocycles. The van der Waals surface area contributed by atoms with Gasteiger partial charge in [0, 0.05) is 49.1 Å². The van der Waals surface area contributed by atoms with Crippen molar-refractivity contribution in [3.63, 3.8) is 0 Å². The van der Waals surface area contributed by atoms with Crippen LogP contribution in [-0.2, 0) is 9.53 Å². The van der Waals surface area contributed by atoms with E-state index in [9.17, 15) is 4.79 Å². The van der Waals surface area contributed by atoms with Crippen molar-refractivity contribution in [1.29, 1.82) is 0 Å². The normalized spacial score (nSPS) is 14.4. The summed E-state index contributed by atoms with van der Waals surface area (Å²) < 4.78 is 37.9. The second-order valence-corrected chi connectivity index (χ2v) is 10.7. The number of anilines is 3. The summed E-state index contributed by atoms with van der Waals surface area (Å²) in [6.45, 7) is 6.18. The molecule has 1 amide bonds. The number of fused-ring (bicyclic) bond motifs is 1. The molecule has 1 aliphatic heterocycles. The lowest BCUT2D eigenvalue weighted by Gasteiger charge is -2.15. The molecule has 5 aromatic rings. The van der Waals surface area contributed by atoms with E-state index in [0.29, 0.717) is 89.1 Å². The molecule has 1 fully saturated rings. The Bertz CT molecular complexity index is 1830. The molecule has 12 nitrogen and oxygen atoms in total. The van der Waals surface area contributed by atoms with Crippen molar-refractivity contribution < 1.29 is 27.8 Å². The highest BCUT2D eigenvalue weighted by Gasteiger charge is 2.17. The van der Waals surface area contributed by atoms with E-state index in [1.165, 1.54) is 12.4 Å². The van der Waals surface area contributed by atoms with E-state index in [2.05, 4.69) is 36.1 Å². The number of rotatable bonds is 13. The molecule has 0 spiro atoms. The molecule has 1 saturated heterocycles. The fourth-order valence-electron chi connectivity index (χ4n) is 5.05. The summed E-state index contributed by atoms with van der Waals surface area (Å²) in [5.41, 5.74) is 1.92. The third-order valence-electron chi connectivity index (χ3n) is 7.29. The van der Waals surface area contributed by atoms with E-state index >= 15 is 4.39 Å². The number of ether oxygens (including phenoxy) is 3. The summed E-state index contributed by atoms with van der Waals surface area (Å²) in [5.74, 6) is 1.75. The first kappa shape index (κ1) is 30.9. The van der Waals surface area contributed by atoms with Crippen LogP contribution >= 0.6 is 0 Å². The Balaban J connectivity index is 1.16. The van der Waals surface area contributed by atoms with Crippen molar-refractivity contribution in [2.24, 2.45) is 0 Å². The molecule has 6 rings (SSSR count). The maximum Gasteiger partial charge on any atom is 0.247 e. The minimum Gasteiger partial charge on any atom is -0.492 e. The van der Waals surface area contributed by atoms with Crippen molar-refractivity contribution >= 4 is 34.0 Å². The fourth-order valence-corrected chi connectivity index (χ4v) is 5.05. The summed E-state index contributed by atoms with van der Waals surface area (Å²) in [6, 6.07) is 15.4. The molecule has 0 unspecified atom stereocenters. The van der Waals surface area contributed by atoms with Crippen LogP contribution in [0.2, 0.25) is 0 Å². The molecule has 3 N–H and O–H groups in total. The highest BCUT2D eigenvalue weighted by molar-refractivity contribution is 5.99. The molecule has 46 heavy (non-hydrogen) atoms.